The maximum absolute atomic E-state index is 6.19. The number of piperidine rings is 1. The number of H-pyrrole nitrogens is 1. The largest absolute Gasteiger partial charge is 0.382 e. The summed E-state index contributed by atoms with van der Waals surface area (Å²) >= 11 is 0. The van der Waals surface area contributed by atoms with Crippen LogP contribution in [0.3, 0.4) is 0 Å². The van der Waals surface area contributed by atoms with E-state index in [1.165, 1.54) is 16.7 Å². The molecule has 0 unspecified atom stereocenters. The minimum Gasteiger partial charge on any atom is -0.382 e. The predicted octanol–water partition coefficient (Wildman–Crippen LogP) is 3.76. The third kappa shape index (κ3) is 4.54. The molecule has 0 radical (unpaired) electrons. The van der Waals surface area contributed by atoms with Crippen molar-refractivity contribution in [1.29, 1.82) is 0 Å². The number of aryl methyl sites for hydroxylation is 1. The number of nitrogen functional groups attached to an aromatic ring is 1. The van der Waals surface area contributed by atoms with E-state index < -0.39 is 0 Å². The molecular weight excluding hydrogens is 436 g/mol. The van der Waals surface area contributed by atoms with Crippen molar-refractivity contribution in [2.45, 2.75) is 44.2 Å². The van der Waals surface area contributed by atoms with E-state index in [1.807, 2.05) is 0 Å². The molecule has 0 spiro atoms. The van der Waals surface area contributed by atoms with E-state index in [0.717, 1.165) is 62.4 Å². The first-order valence-corrected chi connectivity index (χ1v) is 12.4. The summed E-state index contributed by atoms with van der Waals surface area (Å²) in [4.78, 5) is 13.9. The fourth-order valence-electron chi connectivity index (χ4n) is 5.20. The molecule has 1 aliphatic heterocycles. The SMILES string of the molecule is Nc1ncc(-c2cccc(CN[C@H]3CCc4ccccc43)c2)nc1-c1nc([C@H]2CCCNC2)n[nH]1. The van der Waals surface area contributed by atoms with Crippen LogP contribution >= 0.6 is 0 Å². The number of nitrogens with two attached hydrogens (primary N) is 1. The van der Waals surface area contributed by atoms with Crippen LogP contribution in [-0.2, 0) is 13.0 Å². The first-order valence-electron chi connectivity index (χ1n) is 12.4. The maximum Gasteiger partial charge on any atom is 0.178 e. The molecule has 1 saturated heterocycles. The zero-order valence-electron chi connectivity index (χ0n) is 19.7. The highest BCUT2D eigenvalue weighted by atomic mass is 15.2. The number of hydrogen-bond donors (Lipinski definition) is 4. The lowest BCUT2D eigenvalue weighted by Crippen LogP contribution is -2.28. The Labute approximate surface area is 204 Å². The summed E-state index contributed by atoms with van der Waals surface area (Å²) in [5.74, 6) is 2.02. The van der Waals surface area contributed by atoms with Crippen LogP contribution in [0.4, 0.5) is 5.82 Å². The standard InChI is InChI=1S/C27H30N8/c28-25-24(27-33-26(34-35-27)20-8-4-12-29-15-20)32-23(16-31-25)19-7-3-5-17(13-19)14-30-22-11-10-18-6-1-2-9-21(18)22/h1-3,5-7,9,13,16,20,22,29-30H,4,8,10-12,14-15H2,(H2,28,31)(H,33,34,35)/t20-,22-/m0/s1. The molecule has 2 aromatic heterocycles. The number of benzene rings is 2. The topological polar surface area (TPSA) is 117 Å². The third-order valence-corrected chi connectivity index (χ3v) is 7.10. The first kappa shape index (κ1) is 21.9. The lowest BCUT2D eigenvalue weighted by atomic mass is 9.99. The smallest absolute Gasteiger partial charge is 0.178 e. The van der Waals surface area contributed by atoms with Gasteiger partial charge >= 0.3 is 0 Å². The van der Waals surface area contributed by atoms with Crippen molar-refractivity contribution in [2.24, 2.45) is 0 Å². The number of fused-ring (bicyclic) bond motifs is 1. The Bertz CT molecular complexity index is 1320. The molecule has 0 bridgehead atoms. The van der Waals surface area contributed by atoms with Gasteiger partial charge in [0.25, 0.3) is 0 Å². The lowest BCUT2D eigenvalue weighted by Gasteiger charge is -2.19. The van der Waals surface area contributed by atoms with Crippen LogP contribution < -0.4 is 16.4 Å². The van der Waals surface area contributed by atoms with Gasteiger partial charge in [-0.05, 0) is 55.0 Å². The highest BCUT2D eigenvalue weighted by molar-refractivity contribution is 5.69. The lowest BCUT2D eigenvalue weighted by molar-refractivity contribution is 0.447. The Morgan fingerprint density at radius 2 is 2.00 bits per heavy atom. The Morgan fingerprint density at radius 1 is 1.06 bits per heavy atom. The molecule has 2 atom stereocenters. The van der Waals surface area contributed by atoms with Crippen molar-refractivity contribution in [3.63, 3.8) is 0 Å². The molecule has 5 N–H and O–H groups in total. The normalized spacial score (nSPS) is 19.5. The highest BCUT2D eigenvalue weighted by Crippen LogP contribution is 2.31. The first-order chi connectivity index (χ1) is 17.2. The number of nitrogens with zero attached hydrogens (tertiary/aromatic N) is 4. The van der Waals surface area contributed by atoms with Crippen LogP contribution in [0.25, 0.3) is 22.8 Å². The van der Waals surface area contributed by atoms with Crippen LogP contribution in [-0.4, -0.2) is 38.2 Å². The van der Waals surface area contributed by atoms with Crippen LogP contribution in [0.1, 0.15) is 53.7 Å². The number of hydrogen-bond acceptors (Lipinski definition) is 7. The summed E-state index contributed by atoms with van der Waals surface area (Å²) in [5, 5.41) is 14.6. The Morgan fingerprint density at radius 3 is 2.91 bits per heavy atom. The summed E-state index contributed by atoms with van der Waals surface area (Å²) in [5.41, 5.74) is 12.6. The molecule has 8 nitrogen and oxygen atoms in total. The van der Waals surface area contributed by atoms with Gasteiger partial charge in [-0.15, -0.1) is 0 Å². The molecule has 35 heavy (non-hydrogen) atoms. The molecule has 6 rings (SSSR count). The number of anilines is 1. The van der Waals surface area contributed by atoms with E-state index in [-0.39, 0.29) is 0 Å². The maximum atomic E-state index is 6.19. The molecule has 2 aliphatic rings. The number of aromatic nitrogens is 5. The monoisotopic (exact) mass is 466 g/mol. The molecule has 178 valence electrons. The molecule has 1 aliphatic carbocycles. The Balaban J connectivity index is 1.20. The number of rotatable bonds is 6. The second kappa shape index (κ2) is 9.56. The van der Waals surface area contributed by atoms with Crippen molar-refractivity contribution in [1.82, 2.24) is 35.8 Å². The van der Waals surface area contributed by atoms with Gasteiger partial charge in [0, 0.05) is 30.6 Å². The van der Waals surface area contributed by atoms with Gasteiger partial charge in [0.15, 0.2) is 17.5 Å². The van der Waals surface area contributed by atoms with Gasteiger partial charge in [-0.25, -0.2) is 15.0 Å². The van der Waals surface area contributed by atoms with E-state index in [1.54, 1.807) is 6.20 Å². The summed E-state index contributed by atoms with van der Waals surface area (Å²) in [6, 6.07) is 17.5. The summed E-state index contributed by atoms with van der Waals surface area (Å²) in [7, 11) is 0. The van der Waals surface area contributed by atoms with Gasteiger partial charge in [0.05, 0.1) is 11.9 Å². The van der Waals surface area contributed by atoms with Crippen molar-refractivity contribution in [3.8, 4) is 22.8 Å². The second-order valence-electron chi connectivity index (χ2n) is 9.45. The average molecular weight is 467 g/mol. The van der Waals surface area contributed by atoms with Gasteiger partial charge in [-0.1, -0.05) is 42.5 Å². The van der Waals surface area contributed by atoms with Gasteiger partial charge in [-0.2, -0.15) is 5.10 Å². The summed E-state index contributed by atoms with van der Waals surface area (Å²) in [6.45, 7) is 2.74. The van der Waals surface area contributed by atoms with Crippen molar-refractivity contribution in [3.05, 3.63) is 77.2 Å². The van der Waals surface area contributed by atoms with Crippen LogP contribution in [0, 0.1) is 0 Å². The van der Waals surface area contributed by atoms with E-state index in [2.05, 4.69) is 74.3 Å². The zero-order chi connectivity index (χ0) is 23.6. The predicted molar refractivity (Wildman–Crippen MR) is 136 cm³/mol. The quantitative estimate of drug-likeness (QED) is 0.342. The van der Waals surface area contributed by atoms with E-state index >= 15 is 0 Å². The molecule has 1 fully saturated rings. The molecular formula is C27H30N8. The summed E-state index contributed by atoms with van der Waals surface area (Å²) in [6.07, 6.45) is 6.21. The fourth-order valence-corrected chi connectivity index (χ4v) is 5.20. The molecule has 2 aromatic carbocycles. The van der Waals surface area contributed by atoms with Crippen LogP contribution in [0.5, 0.6) is 0 Å². The van der Waals surface area contributed by atoms with Gasteiger partial charge in [0.2, 0.25) is 0 Å². The second-order valence-corrected chi connectivity index (χ2v) is 9.45. The van der Waals surface area contributed by atoms with Crippen molar-refractivity contribution in [2.75, 3.05) is 18.8 Å². The zero-order valence-corrected chi connectivity index (χ0v) is 19.7. The molecule has 4 aromatic rings. The van der Waals surface area contributed by atoms with Gasteiger partial charge in [0.1, 0.15) is 5.69 Å². The highest BCUT2D eigenvalue weighted by Gasteiger charge is 2.22. The Kier molecular flexibility index (Phi) is 5.98. The molecule has 0 amide bonds. The molecule has 8 heteroatoms. The number of aromatic amines is 1. The molecule has 0 saturated carbocycles. The van der Waals surface area contributed by atoms with E-state index in [9.17, 15) is 0 Å². The van der Waals surface area contributed by atoms with Crippen molar-refractivity contribution >= 4 is 5.82 Å². The third-order valence-electron chi connectivity index (χ3n) is 7.10. The van der Waals surface area contributed by atoms with Crippen LogP contribution in [0.15, 0.2) is 54.7 Å². The Hall–Kier alpha value is -3.62. The average Bonchev–Trinajstić information content (AvgIpc) is 3.56. The molecule has 3 heterocycles. The van der Waals surface area contributed by atoms with E-state index in [0.29, 0.717) is 29.3 Å². The van der Waals surface area contributed by atoms with E-state index in [4.69, 9.17) is 15.7 Å². The van der Waals surface area contributed by atoms with Gasteiger partial charge < -0.3 is 16.4 Å². The van der Waals surface area contributed by atoms with Gasteiger partial charge in [-0.3, -0.25) is 5.10 Å². The fraction of sp³-hybridized carbons (Fsp3) is 0.333. The van der Waals surface area contributed by atoms with Crippen molar-refractivity contribution < 1.29 is 0 Å². The number of nitrogens with one attached hydrogen (secondary N) is 3. The minimum absolute atomic E-state index is 0.308. The minimum atomic E-state index is 0.308. The van der Waals surface area contributed by atoms with Crippen LogP contribution in [0.2, 0.25) is 0 Å². The summed E-state index contributed by atoms with van der Waals surface area (Å²) < 4.78 is 0.